The first kappa shape index (κ1) is 20.9. The molecule has 3 aromatic carbocycles. The van der Waals surface area contributed by atoms with Crippen molar-refractivity contribution in [1.82, 2.24) is 4.90 Å². The van der Waals surface area contributed by atoms with Crippen LogP contribution < -0.4 is 9.08 Å². The van der Waals surface area contributed by atoms with Crippen molar-refractivity contribution in [1.29, 1.82) is 0 Å². The molecule has 7 heteroatoms. The van der Waals surface area contributed by atoms with Crippen LogP contribution in [0.1, 0.15) is 6.92 Å². The van der Waals surface area contributed by atoms with Crippen molar-refractivity contribution in [3.63, 3.8) is 0 Å². The van der Waals surface area contributed by atoms with Gasteiger partial charge in [-0.15, -0.1) is 0 Å². The van der Waals surface area contributed by atoms with Crippen LogP contribution in [0.3, 0.4) is 0 Å². The molecule has 3 aromatic rings. The van der Waals surface area contributed by atoms with Crippen LogP contribution in [-0.2, 0) is 14.9 Å². The maximum Gasteiger partial charge on any atom is 0.339 e. The lowest BCUT2D eigenvalue weighted by atomic mass is 10.1. The van der Waals surface area contributed by atoms with Gasteiger partial charge in [0.05, 0.1) is 0 Å². The van der Waals surface area contributed by atoms with Crippen LogP contribution in [0.25, 0.3) is 11.1 Å². The molecule has 0 spiro atoms. The molecule has 1 amide bonds. The first-order valence-corrected chi connectivity index (χ1v) is 11.5. The Morgan fingerprint density at radius 1 is 0.806 bits per heavy atom. The highest BCUT2D eigenvalue weighted by Gasteiger charge is 2.22. The van der Waals surface area contributed by atoms with Crippen LogP contribution in [0.2, 0.25) is 0 Å². The van der Waals surface area contributed by atoms with Crippen molar-refractivity contribution in [2.45, 2.75) is 11.8 Å². The fourth-order valence-electron chi connectivity index (χ4n) is 3.70. The minimum atomic E-state index is -4.00. The molecule has 31 heavy (non-hydrogen) atoms. The summed E-state index contributed by atoms with van der Waals surface area (Å²) in [5, 5.41) is 0. The first-order chi connectivity index (χ1) is 14.9. The summed E-state index contributed by atoms with van der Waals surface area (Å²) in [6.45, 7) is 4.42. The van der Waals surface area contributed by atoms with Gasteiger partial charge >= 0.3 is 10.1 Å². The Bertz CT molecular complexity index is 1150. The van der Waals surface area contributed by atoms with E-state index in [0.717, 1.165) is 24.3 Å². The van der Waals surface area contributed by atoms with E-state index in [0.29, 0.717) is 18.7 Å². The van der Waals surface area contributed by atoms with Crippen LogP contribution >= 0.6 is 0 Å². The molecule has 0 N–H and O–H groups in total. The van der Waals surface area contributed by atoms with E-state index < -0.39 is 10.1 Å². The Labute approximate surface area is 182 Å². The summed E-state index contributed by atoms with van der Waals surface area (Å²) >= 11 is 0. The van der Waals surface area contributed by atoms with Gasteiger partial charge in [-0.1, -0.05) is 48.5 Å². The summed E-state index contributed by atoms with van der Waals surface area (Å²) in [6.07, 6.45) is 0. The van der Waals surface area contributed by atoms with E-state index in [-0.39, 0.29) is 16.6 Å². The van der Waals surface area contributed by atoms with Crippen molar-refractivity contribution >= 4 is 21.7 Å². The van der Waals surface area contributed by atoms with Crippen LogP contribution in [0.4, 0.5) is 5.69 Å². The molecule has 0 radical (unpaired) electrons. The van der Waals surface area contributed by atoms with E-state index in [1.165, 1.54) is 0 Å². The van der Waals surface area contributed by atoms with Crippen LogP contribution in [0, 0.1) is 0 Å². The normalized spacial score (nSPS) is 14.4. The third kappa shape index (κ3) is 4.72. The van der Waals surface area contributed by atoms with Crippen molar-refractivity contribution in [3.05, 3.63) is 78.9 Å². The number of carbonyl (C=O) groups is 1. The van der Waals surface area contributed by atoms with Crippen molar-refractivity contribution in [2.24, 2.45) is 0 Å². The lowest BCUT2D eigenvalue weighted by molar-refractivity contribution is -0.129. The summed E-state index contributed by atoms with van der Waals surface area (Å²) in [4.78, 5) is 15.6. The molecule has 1 aliphatic heterocycles. The molecule has 4 rings (SSSR count). The highest BCUT2D eigenvalue weighted by molar-refractivity contribution is 7.87. The van der Waals surface area contributed by atoms with Crippen molar-refractivity contribution < 1.29 is 17.4 Å². The number of rotatable bonds is 5. The fraction of sp³-hybridized carbons (Fsp3) is 0.208. The second-order valence-electron chi connectivity index (χ2n) is 7.39. The quantitative estimate of drug-likeness (QED) is 0.570. The standard InChI is InChI=1S/C24H24N2O4S/c1-19(27)25-15-17-26(18-16-25)21-11-13-22(14-12-21)30-31(28,29)24-10-6-5-9-23(24)20-7-3-2-4-8-20/h2-14H,15-18H2,1H3. The number of carbonyl (C=O) groups excluding carboxylic acids is 1. The first-order valence-electron chi connectivity index (χ1n) is 10.1. The minimum absolute atomic E-state index is 0.0874. The van der Waals surface area contributed by atoms with E-state index >= 15 is 0 Å². The largest absolute Gasteiger partial charge is 0.379 e. The third-order valence-electron chi connectivity index (χ3n) is 5.37. The van der Waals surface area contributed by atoms with Crippen LogP contribution in [-0.4, -0.2) is 45.4 Å². The molecular formula is C24H24N2O4S. The lowest BCUT2D eigenvalue weighted by Gasteiger charge is -2.35. The molecule has 1 fully saturated rings. The second-order valence-corrected chi connectivity index (χ2v) is 8.90. The van der Waals surface area contributed by atoms with Gasteiger partial charge in [-0.25, -0.2) is 0 Å². The SMILES string of the molecule is CC(=O)N1CCN(c2ccc(OS(=O)(=O)c3ccccc3-c3ccccc3)cc2)CC1. The number of amides is 1. The summed E-state index contributed by atoms with van der Waals surface area (Å²) in [5.74, 6) is 0.346. The Balaban J connectivity index is 1.51. The third-order valence-corrected chi connectivity index (χ3v) is 6.68. The fourth-order valence-corrected chi connectivity index (χ4v) is 4.86. The maximum absolute atomic E-state index is 13.0. The highest BCUT2D eigenvalue weighted by atomic mass is 32.2. The van der Waals surface area contributed by atoms with Gasteiger partial charge in [-0.2, -0.15) is 8.42 Å². The average Bonchev–Trinajstić information content (AvgIpc) is 2.80. The number of hydrogen-bond donors (Lipinski definition) is 0. The molecular weight excluding hydrogens is 412 g/mol. The Kier molecular flexibility index (Phi) is 5.95. The zero-order valence-corrected chi connectivity index (χ0v) is 18.1. The maximum atomic E-state index is 13.0. The van der Waals surface area contributed by atoms with Gasteiger partial charge < -0.3 is 14.0 Å². The number of hydrogen-bond acceptors (Lipinski definition) is 5. The molecule has 6 nitrogen and oxygen atoms in total. The smallest absolute Gasteiger partial charge is 0.339 e. The lowest BCUT2D eigenvalue weighted by Crippen LogP contribution is -2.48. The van der Waals surface area contributed by atoms with Crippen LogP contribution in [0.5, 0.6) is 5.75 Å². The summed E-state index contributed by atoms with van der Waals surface area (Å²) in [6, 6.07) is 23.2. The van der Waals surface area contributed by atoms with Crippen LogP contribution in [0.15, 0.2) is 83.8 Å². The van der Waals surface area contributed by atoms with Gasteiger partial charge in [0.1, 0.15) is 10.6 Å². The van der Waals surface area contributed by atoms with Crippen molar-refractivity contribution in [3.8, 4) is 16.9 Å². The van der Waals surface area contributed by atoms with E-state index in [1.54, 1.807) is 37.3 Å². The van der Waals surface area contributed by atoms with Gasteiger partial charge in [0.25, 0.3) is 0 Å². The molecule has 160 valence electrons. The number of anilines is 1. The number of nitrogens with zero attached hydrogens (tertiary/aromatic N) is 2. The average molecular weight is 437 g/mol. The molecule has 0 saturated carbocycles. The zero-order chi connectivity index (χ0) is 21.8. The van der Waals surface area contributed by atoms with Gasteiger partial charge in [0.2, 0.25) is 5.91 Å². The van der Waals surface area contributed by atoms with Gasteiger partial charge in [-0.3, -0.25) is 4.79 Å². The van der Waals surface area contributed by atoms with E-state index in [9.17, 15) is 13.2 Å². The molecule has 0 unspecified atom stereocenters. The molecule has 0 aromatic heterocycles. The predicted octanol–water partition coefficient (Wildman–Crippen LogP) is 3.79. The molecule has 1 aliphatic rings. The zero-order valence-electron chi connectivity index (χ0n) is 17.3. The molecule has 0 bridgehead atoms. The van der Waals surface area contributed by atoms with Gasteiger partial charge in [0.15, 0.2) is 0 Å². The monoisotopic (exact) mass is 436 g/mol. The Hall–Kier alpha value is -3.32. The minimum Gasteiger partial charge on any atom is -0.379 e. The molecule has 0 aliphatic carbocycles. The van der Waals surface area contributed by atoms with Crippen molar-refractivity contribution in [2.75, 3.05) is 31.1 Å². The molecule has 0 atom stereocenters. The second kappa shape index (κ2) is 8.81. The molecule has 1 saturated heterocycles. The van der Waals surface area contributed by atoms with Gasteiger partial charge in [0, 0.05) is 44.4 Å². The highest BCUT2D eigenvalue weighted by Crippen LogP contribution is 2.30. The summed E-state index contributed by atoms with van der Waals surface area (Å²) in [7, 11) is -4.00. The van der Waals surface area contributed by atoms with E-state index in [2.05, 4.69) is 4.90 Å². The van der Waals surface area contributed by atoms with Gasteiger partial charge in [-0.05, 0) is 35.9 Å². The number of benzene rings is 3. The Morgan fingerprint density at radius 2 is 1.42 bits per heavy atom. The Morgan fingerprint density at radius 3 is 2.06 bits per heavy atom. The molecule has 1 heterocycles. The van der Waals surface area contributed by atoms with E-state index in [1.807, 2.05) is 53.4 Å². The number of piperazine rings is 1. The topological polar surface area (TPSA) is 66.9 Å². The predicted molar refractivity (Wildman–Crippen MR) is 121 cm³/mol. The summed E-state index contributed by atoms with van der Waals surface area (Å²) < 4.78 is 31.5. The summed E-state index contributed by atoms with van der Waals surface area (Å²) in [5.41, 5.74) is 2.38. The van der Waals surface area contributed by atoms with E-state index in [4.69, 9.17) is 4.18 Å².